The van der Waals surface area contributed by atoms with Crippen LogP contribution in [0, 0.1) is 11.6 Å². The quantitative estimate of drug-likeness (QED) is 0.832. The summed E-state index contributed by atoms with van der Waals surface area (Å²) in [6.07, 6.45) is 0. The summed E-state index contributed by atoms with van der Waals surface area (Å²) in [5.74, 6) is -1.09. The molecule has 0 amide bonds. The van der Waals surface area contributed by atoms with E-state index >= 15 is 0 Å². The maximum absolute atomic E-state index is 13.5. The summed E-state index contributed by atoms with van der Waals surface area (Å²) >= 11 is 0. The maximum Gasteiger partial charge on any atom is 0.149 e. The fourth-order valence-corrected chi connectivity index (χ4v) is 1.58. The van der Waals surface area contributed by atoms with Crippen LogP contribution in [0.3, 0.4) is 0 Å². The summed E-state index contributed by atoms with van der Waals surface area (Å²) in [5.41, 5.74) is 5.51. The molecule has 1 aromatic carbocycles. The second-order valence-electron chi connectivity index (χ2n) is 3.44. The molecule has 0 aliphatic rings. The molecule has 84 valence electrons. The molecule has 0 aliphatic heterocycles. The average molecular weight is 214 g/mol. The Labute approximate surface area is 88.7 Å². The largest absolute Gasteiger partial charge is 0.363 e. The van der Waals surface area contributed by atoms with Gasteiger partial charge in [0, 0.05) is 19.1 Å². The molecule has 1 rings (SSSR count). The fraction of sp³-hybridized carbons (Fsp3) is 0.455. The Morgan fingerprint density at radius 1 is 1.33 bits per heavy atom. The summed E-state index contributed by atoms with van der Waals surface area (Å²) in [7, 11) is 0. The molecule has 0 aromatic heterocycles. The fourth-order valence-electron chi connectivity index (χ4n) is 1.58. The Hall–Kier alpha value is -1.16. The predicted molar refractivity (Wildman–Crippen MR) is 57.9 cm³/mol. The van der Waals surface area contributed by atoms with Crippen LogP contribution in [0.25, 0.3) is 0 Å². The smallest absolute Gasteiger partial charge is 0.149 e. The van der Waals surface area contributed by atoms with E-state index in [9.17, 15) is 8.78 Å². The summed E-state index contributed by atoms with van der Waals surface area (Å²) in [4.78, 5) is 1.63. The molecular weight excluding hydrogens is 198 g/mol. The van der Waals surface area contributed by atoms with Crippen LogP contribution in [0.2, 0.25) is 0 Å². The summed E-state index contributed by atoms with van der Waals surface area (Å²) < 4.78 is 26.9. The van der Waals surface area contributed by atoms with Gasteiger partial charge >= 0.3 is 0 Å². The van der Waals surface area contributed by atoms with Crippen molar-refractivity contribution in [1.29, 1.82) is 0 Å². The Bertz CT molecular complexity index is 308. The van der Waals surface area contributed by atoms with Crippen molar-refractivity contribution in [2.45, 2.75) is 19.9 Å². The zero-order chi connectivity index (χ0) is 11.4. The van der Waals surface area contributed by atoms with Gasteiger partial charge in [0.05, 0.1) is 0 Å². The van der Waals surface area contributed by atoms with Gasteiger partial charge in [-0.25, -0.2) is 8.78 Å². The number of halogens is 2. The minimum atomic E-state index is -0.544. The molecule has 0 bridgehead atoms. The van der Waals surface area contributed by atoms with Crippen LogP contribution in [0.5, 0.6) is 0 Å². The number of benzene rings is 1. The molecule has 1 aromatic rings. The van der Waals surface area contributed by atoms with Crippen LogP contribution < -0.4 is 10.6 Å². The van der Waals surface area contributed by atoms with Gasteiger partial charge in [-0.2, -0.15) is 0 Å². The molecule has 0 spiro atoms. The number of likely N-dealkylation sites (N-methyl/N-ethyl adjacent to an activating group) is 1. The third-order valence-corrected chi connectivity index (χ3v) is 2.44. The van der Waals surface area contributed by atoms with Crippen LogP contribution >= 0.6 is 0 Å². The summed E-state index contributed by atoms with van der Waals surface area (Å²) in [6.45, 7) is 4.57. The van der Waals surface area contributed by atoms with E-state index in [1.54, 1.807) is 4.90 Å². The summed E-state index contributed by atoms with van der Waals surface area (Å²) in [6, 6.07) is 3.78. The molecule has 0 heterocycles. The second-order valence-corrected chi connectivity index (χ2v) is 3.44. The number of hydrogen-bond acceptors (Lipinski definition) is 2. The maximum atomic E-state index is 13.5. The van der Waals surface area contributed by atoms with Crippen LogP contribution in [0.4, 0.5) is 14.5 Å². The van der Waals surface area contributed by atoms with E-state index in [1.165, 1.54) is 18.2 Å². The number of rotatable bonds is 4. The minimum Gasteiger partial charge on any atom is -0.363 e. The molecule has 0 saturated heterocycles. The van der Waals surface area contributed by atoms with Gasteiger partial charge in [0.25, 0.3) is 0 Å². The lowest BCUT2D eigenvalue weighted by Crippen LogP contribution is -2.39. The topological polar surface area (TPSA) is 29.3 Å². The van der Waals surface area contributed by atoms with Crippen molar-refractivity contribution in [2.24, 2.45) is 5.73 Å². The first-order valence-electron chi connectivity index (χ1n) is 5.02. The van der Waals surface area contributed by atoms with E-state index in [-0.39, 0.29) is 11.7 Å². The third kappa shape index (κ3) is 2.45. The van der Waals surface area contributed by atoms with Crippen molar-refractivity contribution in [2.75, 3.05) is 18.0 Å². The van der Waals surface area contributed by atoms with Gasteiger partial charge in [-0.3, -0.25) is 0 Å². The number of nitrogens with two attached hydrogens (primary N) is 1. The van der Waals surface area contributed by atoms with Gasteiger partial charge in [0.15, 0.2) is 0 Å². The third-order valence-electron chi connectivity index (χ3n) is 2.44. The molecule has 1 atom stereocenters. The Kier molecular flexibility index (Phi) is 4.03. The highest BCUT2D eigenvalue weighted by Gasteiger charge is 2.18. The number of anilines is 1. The van der Waals surface area contributed by atoms with Crippen molar-refractivity contribution in [1.82, 2.24) is 0 Å². The van der Waals surface area contributed by atoms with Crippen molar-refractivity contribution in [3.8, 4) is 0 Å². The first-order valence-corrected chi connectivity index (χ1v) is 5.02. The molecule has 0 radical (unpaired) electrons. The molecule has 0 saturated carbocycles. The first-order chi connectivity index (χ1) is 7.11. The van der Waals surface area contributed by atoms with E-state index in [0.717, 1.165) is 0 Å². The number of nitrogens with zero attached hydrogens (tertiary/aromatic N) is 1. The lowest BCUT2D eigenvalue weighted by molar-refractivity contribution is 0.552. The zero-order valence-corrected chi connectivity index (χ0v) is 9.00. The van der Waals surface area contributed by atoms with Crippen LogP contribution in [0.1, 0.15) is 13.8 Å². The lowest BCUT2D eigenvalue weighted by atomic mass is 10.2. The molecule has 4 heteroatoms. The number of para-hydroxylation sites is 1. The number of hydrogen-bond donors (Lipinski definition) is 1. The van der Waals surface area contributed by atoms with Crippen molar-refractivity contribution in [3.63, 3.8) is 0 Å². The molecule has 0 aliphatic carbocycles. The van der Waals surface area contributed by atoms with E-state index in [4.69, 9.17) is 5.73 Å². The molecule has 2 nitrogen and oxygen atoms in total. The monoisotopic (exact) mass is 214 g/mol. The van der Waals surface area contributed by atoms with E-state index in [2.05, 4.69) is 0 Å². The highest BCUT2D eigenvalue weighted by atomic mass is 19.1. The van der Waals surface area contributed by atoms with E-state index in [0.29, 0.717) is 13.1 Å². The van der Waals surface area contributed by atoms with Gasteiger partial charge in [0.2, 0.25) is 0 Å². The average Bonchev–Trinajstić information content (AvgIpc) is 2.22. The molecule has 0 fully saturated rings. The van der Waals surface area contributed by atoms with Gasteiger partial charge in [-0.1, -0.05) is 6.07 Å². The van der Waals surface area contributed by atoms with E-state index in [1.807, 2.05) is 13.8 Å². The van der Waals surface area contributed by atoms with Gasteiger partial charge in [0.1, 0.15) is 17.3 Å². The predicted octanol–water partition coefficient (Wildman–Crippen LogP) is 2.14. The minimum absolute atomic E-state index is 0.0120. The van der Waals surface area contributed by atoms with Crippen molar-refractivity contribution in [3.05, 3.63) is 29.8 Å². The van der Waals surface area contributed by atoms with Crippen LogP contribution in [-0.4, -0.2) is 19.1 Å². The highest BCUT2D eigenvalue weighted by molar-refractivity contribution is 5.49. The Morgan fingerprint density at radius 3 is 2.27 bits per heavy atom. The molecule has 1 unspecified atom stereocenters. The Morgan fingerprint density at radius 2 is 1.87 bits per heavy atom. The molecular formula is C11H16F2N2. The van der Waals surface area contributed by atoms with Gasteiger partial charge in [-0.15, -0.1) is 0 Å². The van der Waals surface area contributed by atoms with Crippen LogP contribution in [-0.2, 0) is 0 Å². The molecule has 2 N–H and O–H groups in total. The van der Waals surface area contributed by atoms with Gasteiger partial charge < -0.3 is 10.6 Å². The normalized spacial score (nSPS) is 12.6. The van der Waals surface area contributed by atoms with E-state index < -0.39 is 11.6 Å². The van der Waals surface area contributed by atoms with Gasteiger partial charge in [-0.05, 0) is 26.0 Å². The molecule has 15 heavy (non-hydrogen) atoms. The van der Waals surface area contributed by atoms with Crippen LogP contribution in [0.15, 0.2) is 18.2 Å². The summed E-state index contributed by atoms with van der Waals surface area (Å²) in [5, 5.41) is 0. The standard InChI is InChI=1S/C11H16F2N2/c1-3-15(8(2)7-14)11-9(12)5-4-6-10(11)13/h4-6,8H,3,7,14H2,1-2H3. The first kappa shape index (κ1) is 11.9. The van der Waals surface area contributed by atoms with Crippen molar-refractivity contribution >= 4 is 5.69 Å². The highest BCUT2D eigenvalue weighted by Crippen LogP contribution is 2.24. The Balaban J connectivity index is 3.11. The second kappa shape index (κ2) is 5.07. The van der Waals surface area contributed by atoms with Crippen molar-refractivity contribution < 1.29 is 8.78 Å². The lowest BCUT2D eigenvalue weighted by Gasteiger charge is -2.29. The SMILES string of the molecule is CCN(c1c(F)cccc1F)C(C)CN. The zero-order valence-electron chi connectivity index (χ0n) is 9.00.